The van der Waals surface area contributed by atoms with Gasteiger partial charge < -0.3 is 10.1 Å². The molecule has 17 heavy (non-hydrogen) atoms. The van der Waals surface area contributed by atoms with Crippen LogP contribution in [0.15, 0.2) is 12.2 Å². The Kier molecular flexibility index (Phi) is 4.56. The summed E-state index contributed by atoms with van der Waals surface area (Å²) in [6.45, 7) is 1.77. The van der Waals surface area contributed by atoms with Crippen LogP contribution in [0.1, 0.15) is 19.8 Å². The van der Waals surface area contributed by atoms with E-state index in [9.17, 15) is 19.2 Å². The van der Waals surface area contributed by atoms with Crippen LogP contribution < -0.4 is 5.32 Å². The first-order valence-corrected chi connectivity index (χ1v) is 5.30. The number of carbonyl (C=O) groups excluding carboxylic acids is 4. The van der Waals surface area contributed by atoms with Gasteiger partial charge in [0.25, 0.3) is 11.8 Å². The van der Waals surface area contributed by atoms with Crippen molar-refractivity contribution < 1.29 is 19.2 Å². The second-order valence-electron chi connectivity index (χ2n) is 3.71. The Morgan fingerprint density at radius 1 is 1.18 bits per heavy atom. The molecule has 6 heteroatoms. The monoisotopic (exact) mass is 238 g/mol. The minimum absolute atomic E-state index is 0.0470. The van der Waals surface area contributed by atoms with Crippen LogP contribution in [0, 0.1) is 0 Å². The number of ketones is 1. The molecule has 0 bridgehead atoms. The Labute approximate surface area is 98.6 Å². The predicted molar refractivity (Wildman–Crippen MR) is 58.8 cm³/mol. The molecule has 0 atom stereocenters. The molecule has 1 N–H and O–H groups in total. The van der Waals surface area contributed by atoms with Gasteiger partial charge in [-0.05, 0) is 6.92 Å². The number of imide groups is 1. The molecule has 1 aliphatic heterocycles. The third kappa shape index (κ3) is 4.18. The number of hydrogen-bond acceptors (Lipinski definition) is 4. The summed E-state index contributed by atoms with van der Waals surface area (Å²) in [6.07, 6.45) is 2.73. The van der Waals surface area contributed by atoms with Gasteiger partial charge in [-0.1, -0.05) is 0 Å². The summed E-state index contributed by atoms with van der Waals surface area (Å²) in [7, 11) is 0. The molecule has 0 aromatic heterocycles. The van der Waals surface area contributed by atoms with Crippen LogP contribution in [-0.2, 0) is 19.2 Å². The summed E-state index contributed by atoms with van der Waals surface area (Å²) < 4.78 is 0. The standard InChI is InChI=1S/C11H14N2O4/c1-8(14)2-3-9(15)12-6-7-13-10(16)4-5-11(13)17/h4-5H,2-3,6-7H2,1H3,(H,12,15). The van der Waals surface area contributed by atoms with Gasteiger partial charge in [-0.2, -0.15) is 0 Å². The summed E-state index contributed by atoms with van der Waals surface area (Å²) in [4.78, 5) is 45.2. The van der Waals surface area contributed by atoms with Gasteiger partial charge in [0.05, 0.1) is 0 Å². The predicted octanol–water partition coefficient (Wildman–Crippen LogP) is -0.603. The number of nitrogens with one attached hydrogen (secondary N) is 1. The van der Waals surface area contributed by atoms with Gasteiger partial charge in [0.15, 0.2) is 0 Å². The van der Waals surface area contributed by atoms with E-state index in [1.165, 1.54) is 19.1 Å². The summed E-state index contributed by atoms with van der Waals surface area (Å²) in [5.74, 6) is -1.04. The Morgan fingerprint density at radius 3 is 2.29 bits per heavy atom. The van der Waals surface area contributed by atoms with Crippen molar-refractivity contribution in [3.63, 3.8) is 0 Å². The van der Waals surface area contributed by atoms with Crippen LogP contribution in [0.3, 0.4) is 0 Å². The average Bonchev–Trinajstić information content (AvgIpc) is 2.57. The van der Waals surface area contributed by atoms with Crippen LogP contribution in [-0.4, -0.2) is 41.5 Å². The van der Waals surface area contributed by atoms with Crippen molar-refractivity contribution >= 4 is 23.5 Å². The summed E-state index contributed by atoms with van der Waals surface area (Å²) in [6, 6.07) is 0. The van der Waals surface area contributed by atoms with Crippen molar-refractivity contribution in [2.75, 3.05) is 13.1 Å². The zero-order chi connectivity index (χ0) is 12.8. The fourth-order valence-electron chi connectivity index (χ4n) is 1.34. The molecule has 0 radical (unpaired) electrons. The highest BCUT2D eigenvalue weighted by Crippen LogP contribution is 2.01. The zero-order valence-electron chi connectivity index (χ0n) is 9.56. The first kappa shape index (κ1) is 13.1. The number of hydrogen-bond donors (Lipinski definition) is 1. The topological polar surface area (TPSA) is 83.6 Å². The van der Waals surface area contributed by atoms with E-state index in [1.54, 1.807) is 0 Å². The van der Waals surface area contributed by atoms with Gasteiger partial charge in [-0.15, -0.1) is 0 Å². The van der Waals surface area contributed by atoms with Crippen molar-refractivity contribution in [1.82, 2.24) is 10.2 Å². The molecule has 1 rings (SSSR count). The molecule has 0 fully saturated rings. The number of carbonyl (C=O) groups is 4. The lowest BCUT2D eigenvalue weighted by Crippen LogP contribution is -2.38. The fraction of sp³-hybridized carbons (Fsp3) is 0.455. The van der Waals surface area contributed by atoms with Crippen LogP contribution in [0.2, 0.25) is 0 Å². The highest BCUT2D eigenvalue weighted by atomic mass is 16.2. The first-order chi connectivity index (χ1) is 8.00. The highest BCUT2D eigenvalue weighted by Gasteiger charge is 2.22. The molecule has 0 saturated heterocycles. The Hall–Kier alpha value is -1.98. The molecule has 6 nitrogen and oxygen atoms in total. The largest absolute Gasteiger partial charge is 0.354 e. The molecule has 0 aliphatic carbocycles. The van der Waals surface area contributed by atoms with E-state index < -0.39 is 0 Å². The van der Waals surface area contributed by atoms with Crippen molar-refractivity contribution in [2.24, 2.45) is 0 Å². The second kappa shape index (κ2) is 5.93. The molecule has 0 saturated carbocycles. The van der Waals surface area contributed by atoms with E-state index in [0.717, 1.165) is 4.90 Å². The van der Waals surface area contributed by atoms with Crippen molar-refractivity contribution in [2.45, 2.75) is 19.8 Å². The third-order valence-electron chi connectivity index (χ3n) is 2.26. The molecular weight excluding hydrogens is 224 g/mol. The number of Topliss-reactive ketones (excluding diaryl/α,β-unsaturated/α-hetero) is 1. The van der Waals surface area contributed by atoms with Gasteiger partial charge in [0.1, 0.15) is 5.78 Å². The molecular formula is C11H14N2O4. The zero-order valence-corrected chi connectivity index (χ0v) is 9.56. The lowest BCUT2D eigenvalue weighted by atomic mass is 10.2. The molecule has 1 heterocycles. The molecule has 0 unspecified atom stereocenters. The lowest BCUT2D eigenvalue weighted by molar-refractivity contribution is -0.137. The molecule has 0 spiro atoms. The van der Waals surface area contributed by atoms with Crippen LogP contribution in [0.25, 0.3) is 0 Å². The highest BCUT2D eigenvalue weighted by molar-refractivity contribution is 6.12. The quantitative estimate of drug-likeness (QED) is 0.626. The minimum atomic E-state index is -0.368. The summed E-state index contributed by atoms with van der Waals surface area (Å²) in [5.41, 5.74) is 0. The Morgan fingerprint density at radius 2 is 1.76 bits per heavy atom. The maximum absolute atomic E-state index is 11.2. The van der Waals surface area contributed by atoms with E-state index in [4.69, 9.17) is 0 Å². The van der Waals surface area contributed by atoms with Crippen molar-refractivity contribution in [3.05, 3.63) is 12.2 Å². The van der Waals surface area contributed by atoms with Gasteiger partial charge in [0.2, 0.25) is 5.91 Å². The van der Waals surface area contributed by atoms with Gasteiger partial charge in [0, 0.05) is 38.1 Å². The maximum atomic E-state index is 11.2. The number of amides is 3. The smallest absolute Gasteiger partial charge is 0.253 e. The molecule has 0 aromatic rings. The van der Waals surface area contributed by atoms with Crippen molar-refractivity contribution in [3.8, 4) is 0 Å². The van der Waals surface area contributed by atoms with E-state index in [0.29, 0.717) is 0 Å². The summed E-state index contributed by atoms with van der Waals surface area (Å²) in [5, 5.41) is 2.54. The van der Waals surface area contributed by atoms with E-state index in [2.05, 4.69) is 5.32 Å². The summed E-state index contributed by atoms with van der Waals surface area (Å²) >= 11 is 0. The first-order valence-electron chi connectivity index (χ1n) is 5.30. The second-order valence-corrected chi connectivity index (χ2v) is 3.71. The Bertz CT molecular complexity index is 369. The van der Waals surface area contributed by atoms with Gasteiger partial charge >= 0.3 is 0 Å². The van der Waals surface area contributed by atoms with E-state index >= 15 is 0 Å². The fourth-order valence-corrected chi connectivity index (χ4v) is 1.34. The normalized spacial score (nSPS) is 14.3. The van der Waals surface area contributed by atoms with Gasteiger partial charge in [-0.25, -0.2) is 0 Å². The van der Waals surface area contributed by atoms with Crippen LogP contribution >= 0.6 is 0 Å². The third-order valence-corrected chi connectivity index (χ3v) is 2.26. The van der Waals surface area contributed by atoms with Crippen LogP contribution in [0.5, 0.6) is 0 Å². The van der Waals surface area contributed by atoms with E-state index in [-0.39, 0.29) is 49.4 Å². The minimum Gasteiger partial charge on any atom is -0.354 e. The SMILES string of the molecule is CC(=O)CCC(=O)NCCN1C(=O)C=CC1=O. The average molecular weight is 238 g/mol. The molecule has 1 aliphatic rings. The Balaban J connectivity index is 2.20. The molecule has 0 aromatic carbocycles. The van der Waals surface area contributed by atoms with Gasteiger partial charge in [-0.3, -0.25) is 19.3 Å². The number of rotatable bonds is 6. The van der Waals surface area contributed by atoms with Crippen molar-refractivity contribution in [1.29, 1.82) is 0 Å². The van der Waals surface area contributed by atoms with Crippen LogP contribution in [0.4, 0.5) is 0 Å². The molecule has 92 valence electrons. The number of nitrogens with zero attached hydrogens (tertiary/aromatic N) is 1. The molecule has 3 amide bonds. The lowest BCUT2D eigenvalue weighted by Gasteiger charge is -2.13. The van der Waals surface area contributed by atoms with E-state index in [1.807, 2.05) is 0 Å². The maximum Gasteiger partial charge on any atom is 0.253 e.